The smallest absolute Gasteiger partial charge is 0.108 e. The normalized spacial score (nSPS) is 26.6. The van der Waals surface area contributed by atoms with Gasteiger partial charge in [0.1, 0.15) is 5.82 Å². The predicted molar refractivity (Wildman–Crippen MR) is 81.7 cm³/mol. The van der Waals surface area contributed by atoms with E-state index in [1.807, 2.05) is 12.4 Å². The molecule has 0 saturated carbocycles. The van der Waals surface area contributed by atoms with Crippen molar-refractivity contribution in [3.63, 3.8) is 0 Å². The second-order valence-electron chi connectivity index (χ2n) is 6.60. The van der Waals surface area contributed by atoms with E-state index >= 15 is 0 Å². The minimum absolute atomic E-state index is 0.265. The second-order valence-corrected chi connectivity index (χ2v) is 6.60. The molecule has 1 fully saturated rings. The fourth-order valence-electron chi connectivity index (χ4n) is 3.08. The van der Waals surface area contributed by atoms with Crippen LogP contribution in [0.3, 0.4) is 0 Å². The van der Waals surface area contributed by atoms with Crippen molar-refractivity contribution in [3.05, 3.63) is 18.2 Å². The Hall–Kier alpha value is -0.870. The summed E-state index contributed by atoms with van der Waals surface area (Å²) in [6.07, 6.45) is 7.57. The molecule has 2 rings (SSSR count). The molecule has 0 bridgehead atoms. The van der Waals surface area contributed by atoms with E-state index in [1.54, 1.807) is 0 Å². The van der Waals surface area contributed by atoms with Crippen LogP contribution in [0.25, 0.3) is 0 Å². The van der Waals surface area contributed by atoms with Gasteiger partial charge in [-0.1, -0.05) is 13.8 Å². The topological polar surface area (TPSA) is 39.1 Å². The summed E-state index contributed by atoms with van der Waals surface area (Å²) in [5.41, 5.74) is 0.265. The summed E-state index contributed by atoms with van der Waals surface area (Å²) in [6, 6.07) is 0. The van der Waals surface area contributed by atoms with Crippen LogP contribution in [0.1, 0.15) is 39.4 Å². The van der Waals surface area contributed by atoms with Crippen LogP contribution in [0.15, 0.2) is 12.4 Å². The van der Waals surface area contributed by atoms with E-state index in [2.05, 4.69) is 42.7 Å². The van der Waals surface area contributed by atoms with Gasteiger partial charge in [-0.15, -0.1) is 0 Å². The third-order valence-electron chi connectivity index (χ3n) is 4.63. The van der Waals surface area contributed by atoms with Crippen LogP contribution in [0.2, 0.25) is 0 Å². The van der Waals surface area contributed by atoms with Crippen LogP contribution >= 0.6 is 0 Å². The number of aromatic nitrogens is 2. The zero-order valence-corrected chi connectivity index (χ0v) is 13.4. The number of hydrogen-bond donors (Lipinski definition) is 1. The van der Waals surface area contributed by atoms with Crippen molar-refractivity contribution >= 4 is 0 Å². The number of nitrogens with zero attached hydrogens (tertiary/aromatic N) is 2. The van der Waals surface area contributed by atoms with E-state index in [1.165, 1.54) is 5.82 Å². The average Bonchev–Trinajstić information content (AvgIpc) is 2.94. The molecule has 114 valence electrons. The molecule has 4 heteroatoms. The van der Waals surface area contributed by atoms with Gasteiger partial charge in [0.05, 0.1) is 6.10 Å². The number of imidazole rings is 1. The van der Waals surface area contributed by atoms with Gasteiger partial charge in [0.15, 0.2) is 0 Å². The molecule has 1 aliphatic heterocycles. The van der Waals surface area contributed by atoms with Gasteiger partial charge in [-0.2, -0.15) is 0 Å². The predicted octanol–water partition coefficient (Wildman–Crippen LogP) is 2.39. The lowest BCUT2D eigenvalue weighted by molar-refractivity contribution is 0.0579. The number of aryl methyl sites for hydroxylation is 2. The fraction of sp³-hybridized carbons (Fsp3) is 0.812. The number of nitrogens with one attached hydrogen (secondary N) is 1. The van der Waals surface area contributed by atoms with Crippen molar-refractivity contribution in [3.8, 4) is 0 Å². The maximum absolute atomic E-state index is 5.86. The van der Waals surface area contributed by atoms with Crippen LogP contribution in [-0.4, -0.2) is 35.4 Å². The summed E-state index contributed by atoms with van der Waals surface area (Å²) < 4.78 is 7.98. The van der Waals surface area contributed by atoms with Crippen LogP contribution in [-0.2, 0) is 18.2 Å². The lowest BCUT2D eigenvalue weighted by Crippen LogP contribution is -2.41. The highest BCUT2D eigenvalue weighted by Gasteiger charge is 2.40. The highest BCUT2D eigenvalue weighted by molar-refractivity contribution is 4.97. The molecular weight excluding hydrogens is 250 g/mol. The van der Waals surface area contributed by atoms with Crippen LogP contribution < -0.4 is 5.32 Å². The number of ether oxygens (including phenoxy) is 1. The van der Waals surface area contributed by atoms with Gasteiger partial charge in [-0.3, -0.25) is 0 Å². The van der Waals surface area contributed by atoms with Crippen molar-refractivity contribution < 1.29 is 4.74 Å². The molecule has 2 unspecified atom stereocenters. The summed E-state index contributed by atoms with van der Waals surface area (Å²) in [6.45, 7) is 9.76. The summed E-state index contributed by atoms with van der Waals surface area (Å²) in [5.74, 6) is 1.87. The van der Waals surface area contributed by atoms with Crippen molar-refractivity contribution in [2.24, 2.45) is 18.4 Å². The van der Waals surface area contributed by atoms with Gasteiger partial charge in [-0.05, 0) is 32.2 Å². The Morgan fingerprint density at radius 1 is 1.55 bits per heavy atom. The third kappa shape index (κ3) is 3.61. The molecule has 0 aliphatic carbocycles. The Kier molecular flexibility index (Phi) is 5.22. The highest BCUT2D eigenvalue weighted by atomic mass is 16.5. The molecule has 4 nitrogen and oxygen atoms in total. The van der Waals surface area contributed by atoms with E-state index in [-0.39, 0.29) is 5.41 Å². The first-order chi connectivity index (χ1) is 9.53. The Labute approximate surface area is 122 Å². The molecule has 0 radical (unpaired) electrons. The van der Waals surface area contributed by atoms with Gasteiger partial charge >= 0.3 is 0 Å². The molecule has 0 spiro atoms. The largest absolute Gasteiger partial charge is 0.378 e. The third-order valence-corrected chi connectivity index (χ3v) is 4.63. The Bertz CT molecular complexity index is 416. The van der Waals surface area contributed by atoms with Crippen LogP contribution in [0.5, 0.6) is 0 Å². The van der Waals surface area contributed by atoms with E-state index in [9.17, 15) is 0 Å². The molecule has 1 aliphatic rings. The van der Waals surface area contributed by atoms with Crippen molar-refractivity contribution in [1.29, 1.82) is 0 Å². The van der Waals surface area contributed by atoms with E-state index in [4.69, 9.17) is 4.74 Å². The molecule has 2 heterocycles. The average molecular weight is 279 g/mol. The highest BCUT2D eigenvalue weighted by Crippen LogP contribution is 2.38. The summed E-state index contributed by atoms with van der Waals surface area (Å²) in [7, 11) is 2.07. The zero-order valence-electron chi connectivity index (χ0n) is 13.4. The van der Waals surface area contributed by atoms with Crippen molar-refractivity contribution in [1.82, 2.24) is 14.9 Å². The van der Waals surface area contributed by atoms with Gasteiger partial charge < -0.3 is 14.6 Å². The number of hydrogen-bond acceptors (Lipinski definition) is 3. The van der Waals surface area contributed by atoms with Crippen molar-refractivity contribution in [2.75, 3.05) is 19.7 Å². The second kappa shape index (κ2) is 6.72. The first-order valence-electron chi connectivity index (χ1n) is 7.82. The van der Waals surface area contributed by atoms with Gasteiger partial charge in [0.2, 0.25) is 0 Å². The molecule has 1 aromatic rings. The molecule has 2 atom stereocenters. The molecule has 0 amide bonds. The summed E-state index contributed by atoms with van der Waals surface area (Å²) >= 11 is 0. The van der Waals surface area contributed by atoms with E-state index in [0.29, 0.717) is 12.0 Å². The van der Waals surface area contributed by atoms with Gasteiger partial charge in [0, 0.05) is 44.4 Å². The molecule has 1 saturated heterocycles. The first-order valence-corrected chi connectivity index (χ1v) is 7.82. The SMILES string of the molecule is CC(C)CNCC1(CCc2nccn2C)CCOC1C. The first kappa shape index (κ1) is 15.5. The lowest BCUT2D eigenvalue weighted by Gasteiger charge is -2.33. The van der Waals surface area contributed by atoms with E-state index in [0.717, 1.165) is 39.0 Å². The Morgan fingerprint density at radius 3 is 2.90 bits per heavy atom. The molecule has 1 N–H and O–H groups in total. The Balaban J connectivity index is 1.95. The maximum atomic E-state index is 5.86. The minimum atomic E-state index is 0.265. The maximum Gasteiger partial charge on any atom is 0.108 e. The minimum Gasteiger partial charge on any atom is -0.378 e. The standard InChI is InChI=1S/C16H29N3O/c1-13(2)11-17-12-16(7-10-20-14(16)3)6-5-15-18-8-9-19(15)4/h8-9,13-14,17H,5-7,10-12H2,1-4H3. The fourth-order valence-corrected chi connectivity index (χ4v) is 3.08. The monoisotopic (exact) mass is 279 g/mol. The zero-order chi connectivity index (χ0) is 14.6. The van der Waals surface area contributed by atoms with Gasteiger partial charge in [-0.25, -0.2) is 4.98 Å². The van der Waals surface area contributed by atoms with Crippen LogP contribution in [0.4, 0.5) is 0 Å². The molecule has 20 heavy (non-hydrogen) atoms. The Morgan fingerprint density at radius 2 is 2.35 bits per heavy atom. The van der Waals surface area contributed by atoms with E-state index < -0.39 is 0 Å². The van der Waals surface area contributed by atoms with Crippen LogP contribution in [0, 0.1) is 11.3 Å². The number of rotatable bonds is 7. The lowest BCUT2D eigenvalue weighted by atomic mass is 9.77. The molecule has 0 aromatic carbocycles. The van der Waals surface area contributed by atoms with Crippen molar-refractivity contribution in [2.45, 2.75) is 46.1 Å². The molecule has 1 aromatic heterocycles. The molecular formula is C16H29N3O. The summed E-state index contributed by atoms with van der Waals surface area (Å²) in [5, 5.41) is 3.64. The quantitative estimate of drug-likeness (QED) is 0.833. The summed E-state index contributed by atoms with van der Waals surface area (Å²) in [4.78, 5) is 4.44. The van der Waals surface area contributed by atoms with Gasteiger partial charge in [0.25, 0.3) is 0 Å².